The zero-order valence-electron chi connectivity index (χ0n) is 8.12. The van der Waals surface area contributed by atoms with Gasteiger partial charge in [0.15, 0.2) is 0 Å². The van der Waals surface area contributed by atoms with Crippen molar-refractivity contribution in [3.8, 4) is 0 Å². The molecule has 0 aromatic heterocycles. The Morgan fingerprint density at radius 1 is 1.54 bits per heavy atom. The molecule has 1 saturated heterocycles. The zero-order valence-corrected chi connectivity index (χ0v) is 8.93. The number of rotatable bonds is 3. The molecule has 1 heterocycles. The highest BCUT2D eigenvalue weighted by Gasteiger charge is 2.19. The molecule has 2 atom stereocenters. The van der Waals surface area contributed by atoms with Crippen LogP contribution in [0.5, 0.6) is 0 Å². The lowest BCUT2D eigenvalue weighted by molar-refractivity contribution is 0.00398. The molecule has 4 nitrogen and oxygen atoms in total. The minimum Gasteiger partial charge on any atom is -0.378 e. The summed E-state index contributed by atoms with van der Waals surface area (Å²) in [5.41, 5.74) is 0. The summed E-state index contributed by atoms with van der Waals surface area (Å²) in [5, 5.41) is 0. The molecule has 13 heavy (non-hydrogen) atoms. The molecule has 1 fully saturated rings. The molecular weight excluding hydrogens is 190 g/mol. The van der Waals surface area contributed by atoms with Gasteiger partial charge in [-0.2, -0.15) is 0 Å². The summed E-state index contributed by atoms with van der Waals surface area (Å²) in [5.74, 6) is 0.429. The van der Waals surface area contributed by atoms with Crippen molar-refractivity contribution in [3.63, 3.8) is 0 Å². The first kappa shape index (κ1) is 10.9. The predicted molar refractivity (Wildman–Crippen MR) is 51.0 cm³/mol. The smallest absolute Gasteiger partial charge is 0.208 e. The molecule has 0 saturated carbocycles. The molecule has 0 aliphatic carbocycles. The highest BCUT2D eigenvalue weighted by molar-refractivity contribution is 7.88. The second-order valence-corrected chi connectivity index (χ2v) is 5.53. The van der Waals surface area contributed by atoms with Crippen molar-refractivity contribution >= 4 is 10.0 Å². The SMILES string of the molecule is CC1CC(CNS(C)(=O)=O)CCO1. The van der Waals surface area contributed by atoms with Gasteiger partial charge in [0.1, 0.15) is 0 Å². The molecule has 0 aromatic carbocycles. The number of ether oxygens (including phenoxy) is 1. The van der Waals surface area contributed by atoms with E-state index in [4.69, 9.17) is 4.74 Å². The lowest BCUT2D eigenvalue weighted by Gasteiger charge is -2.26. The summed E-state index contributed by atoms with van der Waals surface area (Å²) >= 11 is 0. The van der Waals surface area contributed by atoms with E-state index < -0.39 is 10.0 Å². The average Bonchev–Trinajstić information content (AvgIpc) is 2.00. The Bertz CT molecular complexity index is 250. The van der Waals surface area contributed by atoms with E-state index in [0.29, 0.717) is 12.5 Å². The maximum atomic E-state index is 10.8. The van der Waals surface area contributed by atoms with E-state index in [9.17, 15) is 8.42 Å². The lowest BCUT2D eigenvalue weighted by atomic mass is 9.97. The molecule has 1 aliphatic heterocycles. The predicted octanol–water partition coefficient (Wildman–Crippen LogP) is 0.351. The van der Waals surface area contributed by atoms with Crippen molar-refractivity contribution in [1.29, 1.82) is 0 Å². The summed E-state index contributed by atoms with van der Waals surface area (Å²) < 4.78 is 29.5. The van der Waals surface area contributed by atoms with Crippen molar-refractivity contribution in [2.75, 3.05) is 19.4 Å². The summed E-state index contributed by atoms with van der Waals surface area (Å²) in [6.45, 7) is 3.32. The fourth-order valence-corrected chi connectivity index (χ4v) is 2.08. The Kier molecular flexibility index (Phi) is 3.70. The van der Waals surface area contributed by atoms with Gasteiger partial charge in [0, 0.05) is 13.2 Å². The van der Waals surface area contributed by atoms with Crippen LogP contribution in [-0.2, 0) is 14.8 Å². The van der Waals surface area contributed by atoms with Gasteiger partial charge < -0.3 is 4.74 Å². The van der Waals surface area contributed by atoms with Crippen molar-refractivity contribution in [2.24, 2.45) is 5.92 Å². The minimum atomic E-state index is -3.03. The molecule has 1 N–H and O–H groups in total. The Hall–Kier alpha value is -0.130. The molecular formula is C8H17NO3S. The van der Waals surface area contributed by atoms with Crippen molar-refractivity contribution in [3.05, 3.63) is 0 Å². The van der Waals surface area contributed by atoms with Crippen molar-refractivity contribution in [2.45, 2.75) is 25.9 Å². The standard InChI is InChI=1S/C8H17NO3S/c1-7-5-8(3-4-12-7)6-9-13(2,10)11/h7-9H,3-6H2,1-2H3. The topological polar surface area (TPSA) is 55.4 Å². The van der Waals surface area contributed by atoms with Gasteiger partial charge >= 0.3 is 0 Å². The minimum absolute atomic E-state index is 0.264. The fourth-order valence-electron chi connectivity index (χ4n) is 1.55. The fraction of sp³-hybridized carbons (Fsp3) is 1.00. The van der Waals surface area contributed by atoms with Crippen LogP contribution >= 0.6 is 0 Å². The van der Waals surface area contributed by atoms with Gasteiger partial charge in [-0.1, -0.05) is 0 Å². The first-order valence-corrected chi connectivity index (χ1v) is 6.43. The van der Waals surface area contributed by atoms with E-state index in [2.05, 4.69) is 4.72 Å². The second kappa shape index (κ2) is 4.39. The van der Waals surface area contributed by atoms with Gasteiger partial charge in [-0.3, -0.25) is 0 Å². The van der Waals surface area contributed by atoms with Crippen LogP contribution in [0.2, 0.25) is 0 Å². The Labute approximate surface area is 79.7 Å². The van der Waals surface area contributed by atoms with Crippen LogP contribution in [0.1, 0.15) is 19.8 Å². The van der Waals surface area contributed by atoms with Crippen LogP contribution in [0.25, 0.3) is 0 Å². The van der Waals surface area contributed by atoms with Gasteiger partial charge in [-0.15, -0.1) is 0 Å². The molecule has 0 spiro atoms. The van der Waals surface area contributed by atoms with E-state index >= 15 is 0 Å². The maximum absolute atomic E-state index is 10.8. The quantitative estimate of drug-likeness (QED) is 0.726. The molecule has 0 amide bonds. The Morgan fingerprint density at radius 3 is 2.77 bits per heavy atom. The molecule has 0 bridgehead atoms. The summed E-state index contributed by atoms with van der Waals surface area (Å²) in [6.07, 6.45) is 3.35. The first-order chi connectivity index (χ1) is 5.97. The number of nitrogens with one attached hydrogen (secondary N) is 1. The lowest BCUT2D eigenvalue weighted by Crippen LogP contribution is -2.33. The zero-order chi connectivity index (χ0) is 9.90. The van der Waals surface area contributed by atoms with E-state index in [1.807, 2.05) is 6.92 Å². The van der Waals surface area contributed by atoms with E-state index in [1.54, 1.807) is 0 Å². The highest BCUT2D eigenvalue weighted by Crippen LogP contribution is 2.18. The molecule has 1 aliphatic rings. The van der Waals surface area contributed by atoms with Crippen molar-refractivity contribution < 1.29 is 13.2 Å². The van der Waals surface area contributed by atoms with Gasteiger partial charge in [0.2, 0.25) is 10.0 Å². The first-order valence-electron chi connectivity index (χ1n) is 4.53. The molecule has 5 heteroatoms. The van der Waals surface area contributed by atoms with Gasteiger partial charge in [-0.25, -0.2) is 13.1 Å². The van der Waals surface area contributed by atoms with Crippen LogP contribution in [0.4, 0.5) is 0 Å². The van der Waals surface area contributed by atoms with Gasteiger partial charge in [0.05, 0.1) is 12.4 Å². The second-order valence-electron chi connectivity index (χ2n) is 3.69. The van der Waals surface area contributed by atoms with Crippen molar-refractivity contribution in [1.82, 2.24) is 4.72 Å². The van der Waals surface area contributed by atoms with Crippen LogP contribution in [0.3, 0.4) is 0 Å². The molecule has 0 radical (unpaired) electrons. The summed E-state index contributed by atoms with van der Waals surface area (Å²) in [6, 6.07) is 0. The Balaban J connectivity index is 2.29. The monoisotopic (exact) mass is 207 g/mol. The van der Waals surface area contributed by atoms with Gasteiger partial charge in [-0.05, 0) is 25.7 Å². The van der Waals surface area contributed by atoms with E-state index in [1.165, 1.54) is 6.26 Å². The molecule has 0 aromatic rings. The number of hydrogen-bond donors (Lipinski definition) is 1. The molecule has 2 unspecified atom stereocenters. The third kappa shape index (κ3) is 4.59. The number of sulfonamides is 1. The van der Waals surface area contributed by atoms with E-state index in [-0.39, 0.29) is 6.10 Å². The largest absolute Gasteiger partial charge is 0.378 e. The van der Waals surface area contributed by atoms with Crippen LogP contribution in [-0.4, -0.2) is 33.9 Å². The van der Waals surface area contributed by atoms with E-state index in [0.717, 1.165) is 19.4 Å². The normalized spacial score (nSPS) is 30.3. The van der Waals surface area contributed by atoms with Crippen LogP contribution in [0, 0.1) is 5.92 Å². The third-order valence-electron chi connectivity index (χ3n) is 2.23. The van der Waals surface area contributed by atoms with Crippen LogP contribution < -0.4 is 4.72 Å². The average molecular weight is 207 g/mol. The third-order valence-corrected chi connectivity index (χ3v) is 2.92. The van der Waals surface area contributed by atoms with Gasteiger partial charge in [0.25, 0.3) is 0 Å². The number of hydrogen-bond acceptors (Lipinski definition) is 3. The highest BCUT2D eigenvalue weighted by atomic mass is 32.2. The van der Waals surface area contributed by atoms with Crippen LogP contribution in [0.15, 0.2) is 0 Å². The maximum Gasteiger partial charge on any atom is 0.208 e. The summed E-state index contributed by atoms with van der Waals surface area (Å²) in [7, 11) is -3.03. The molecule has 78 valence electrons. The summed E-state index contributed by atoms with van der Waals surface area (Å²) in [4.78, 5) is 0. The molecule has 1 rings (SSSR count). The Morgan fingerprint density at radius 2 is 2.23 bits per heavy atom.